The lowest BCUT2D eigenvalue weighted by molar-refractivity contribution is 0.0372. The number of carbonyl (C=O) groups excluding carboxylic acids is 3. The van der Waals surface area contributed by atoms with Crippen LogP contribution in [0.1, 0.15) is 34.6 Å². The van der Waals surface area contributed by atoms with Crippen molar-refractivity contribution in [1.82, 2.24) is 14.8 Å². The Labute approximate surface area is 275 Å². The number of nitrogens with zero attached hydrogens (tertiary/aromatic N) is 3. The first-order chi connectivity index (χ1) is 22.7. The highest BCUT2D eigenvalue weighted by atomic mass is 32.1. The van der Waals surface area contributed by atoms with Crippen LogP contribution in [0.5, 0.6) is 17.2 Å². The number of benzene rings is 3. The van der Waals surface area contributed by atoms with Crippen LogP contribution in [0.25, 0.3) is 10.6 Å². The molecule has 2 aliphatic heterocycles. The highest BCUT2D eigenvalue weighted by molar-refractivity contribution is 7.13. The highest BCUT2D eigenvalue weighted by Crippen LogP contribution is 2.36. The molecule has 3 heterocycles. The second kappa shape index (κ2) is 13.7. The number of aromatic nitrogens is 1. The fourth-order valence-electron chi connectivity index (χ4n) is 5.43. The van der Waals surface area contributed by atoms with Gasteiger partial charge in [-0.15, -0.1) is 11.3 Å². The number of thiazole rings is 1. The Hall–Kier alpha value is -5.14. The van der Waals surface area contributed by atoms with Crippen molar-refractivity contribution in [3.05, 3.63) is 83.4 Å². The van der Waals surface area contributed by atoms with Crippen molar-refractivity contribution < 1.29 is 33.7 Å². The predicted octanol–water partition coefficient (Wildman–Crippen LogP) is 5.18. The van der Waals surface area contributed by atoms with Gasteiger partial charge in [0.05, 0.1) is 30.4 Å². The monoisotopic (exact) mass is 657 g/mol. The zero-order valence-corrected chi connectivity index (χ0v) is 27.0. The van der Waals surface area contributed by atoms with Crippen molar-refractivity contribution in [3.8, 4) is 27.8 Å². The average Bonchev–Trinajstić information content (AvgIpc) is 3.79. The number of hydrogen-bond donors (Lipinski definition) is 3. The molecule has 0 spiro atoms. The molecule has 0 bridgehead atoms. The third-order valence-electron chi connectivity index (χ3n) is 8.19. The molecule has 2 aliphatic rings. The third-order valence-corrected chi connectivity index (χ3v) is 9.01. The number of urea groups is 1. The first kappa shape index (κ1) is 31.8. The van der Waals surface area contributed by atoms with E-state index >= 15 is 0 Å². The van der Waals surface area contributed by atoms with Crippen LogP contribution in [-0.4, -0.2) is 83.4 Å². The molecule has 47 heavy (non-hydrogen) atoms. The minimum absolute atomic E-state index is 0.126. The third kappa shape index (κ3) is 6.86. The molecule has 0 aliphatic carbocycles. The van der Waals surface area contributed by atoms with Gasteiger partial charge >= 0.3 is 6.03 Å². The van der Waals surface area contributed by atoms with Gasteiger partial charge in [-0.05, 0) is 43.3 Å². The zero-order chi connectivity index (χ0) is 33.1. The number of nitrogens with one attached hydrogen (secondary N) is 2. The molecule has 12 nitrogen and oxygen atoms in total. The van der Waals surface area contributed by atoms with Crippen LogP contribution in [0, 0.1) is 5.92 Å². The van der Waals surface area contributed by atoms with E-state index in [2.05, 4.69) is 15.6 Å². The van der Waals surface area contributed by atoms with Gasteiger partial charge in [-0.2, -0.15) is 0 Å². The standard InChI is InChI=1S/C34H35N5O7S/c1-20-16-39(21(2)18-40)33(42)25-5-4-6-26(37-31(41)22-7-9-23(10-8-22)32-35-13-14-47-32)30(25)46-29(20)17-38(3)34(43)36-24-11-12-27-28(15-24)45-19-44-27/h4-15,20-21,29,40H,16-19H2,1-3H3,(H,36,43)(H,37,41)/t20-,21-,29-/m0/s1. The molecule has 4 amide bonds. The van der Waals surface area contributed by atoms with Crippen LogP contribution in [0.3, 0.4) is 0 Å². The van der Waals surface area contributed by atoms with Gasteiger partial charge in [0.15, 0.2) is 17.2 Å². The molecule has 3 aromatic carbocycles. The molecule has 0 saturated heterocycles. The lowest BCUT2D eigenvalue weighted by Gasteiger charge is -2.38. The number of rotatable bonds is 8. The van der Waals surface area contributed by atoms with E-state index in [1.165, 1.54) is 16.2 Å². The normalized spacial score (nSPS) is 17.5. The van der Waals surface area contributed by atoms with Gasteiger partial charge in [0.25, 0.3) is 11.8 Å². The van der Waals surface area contributed by atoms with E-state index in [1.807, 2.05) is 24.4 Å². The van der Waals surface area contributed by atoms with Crippen LogP contribution in [0.15, 0.2) is 72.2 Å². The van der Waals surface area contributed by atoms with Crippen LogP contribution in [0.2, 0.25) is 0 Å². The highest BCUT2D eigenvalue weighted by Gasteiger charge is 2.35. The largest absolute Gasteiger partial charge is 0.485 e. The van der Waals surface area contributed by atoms with Crippen molar-refractivity contribution in [3.63, 3.8) is 0 Å². The molecule has 0 fully saturated rings. The summed E-state index contributed by atoms with van der Waals surface area (Å²) in [5, 5.41) is 18.5. The quantitative estimate of drug-likeness (QED) is 0.236. The second-order valence-electron chi connectivity index (χ2n) is 11.6. The number of hydrogen-bond acceptors (Lipinski definition) is 9. The van der Waals surface area contributed by atoms with Gasteiger partial charge in [0.1, 0.15) is 11.1 Å². The number of para-hydroxylation sites is 1. The molecule has 0 saturated carbocycles. The summed E-state index contributed by atoms with van der Waals surface area (Å²) < 4.78 is 17.3. The van der Waals surface area contributed by atoms with Gasteiger partial charge in [-0.3, -0.25) is 9.59 Å². The smallest absolute Gasteiger partial charge is 0.321 e. The van der Waals surface area contributed by atoms with E-state index in [0.29, 0.717) is 28.4 Å². The molecular formula is C34H35N5O7S. The number of amides is 4. The van der Waals surface area contributed by atoms with Crippen molar-refractivity contribution in [2.75, 3.05) is 44.2 Å². The number of anilines is 2. The maximum Gasteiger partial charge on any atom is 0.321 e. The van der Waals surface area contributed by atoms with E-state index in [-0.39, 0.29) is 61.6 Å². The maximum atomic E-state index is 13.8. The number of likely N-dealkylation sites (N-methyl/N-ethyl adjacent to an activating group) is 1. The number of ether oxygens (including phenoxy) is 3. The Morgan fingerprint density at radius 1 is 1.11 bits per heavy atom. The van der Waals surface area contributed by atoms with E-state index in [1.54, 1.807) is 73.6 Å². The summed E-state index contributed by atoms with van der Waals surface area (Å²) in [6.45, 7) is 4.03. The Kier molecular flexibility index (Phi) is 9.27. The minimum atomic E-state index is -0.585. The molecule has 4 aromatic rings. The first-order valence-corrected chi connectivity index (χ1v) is 16.0. The number of carbonyl (C=O) groups is 3. The van der Waals surface area contributed by atoms with Gasteiger partial charge in [0.2, 0.25) is 6.79 Å². The lowest BCUT2D eigenvalue weighted by atomic mass is 9.99. The summed E-state index contributed by atoms with van der Waals surface area (Å²) in [6.07, 6.45) is 1.14. The van der Waals surface area contributed by atoms with E-state index in [4.69, 9.17) is 14.2 Å². The minimum Gasteiger partial charge on any atom is -0.485 e. The molecule has 6 rings (SSSR count). The molecular weight excluding hydrogens is 622 g/mol. The first-order valence-electron chi connectivity index (χ1n) is 15.2. The van der Waals surface area contributed by atoms with E-state index in [0.717, 1.165) is 10.6 Å². The van der Waals surface area contributed by atoms with Crippen LogP contribution in [0.4, 0.5) is 16.2 Å². The molecule has 244 valence electrons. The van der Waals surface area contributed by atoms with Gasteiger partial charge in [-0.25, -0.2) is 9.78 Å². The molecule has 13 heteroatoms. The van der Waals surface area contributed by atoms with Crippen molar-refractivity contribution in [2.24, 2.45) is 5.92 Å². The Morgan fingerprint density at radius 2 is 1.89 bits per heavy atom. The topological polar surface area (TPSA) is 143 Å². The Morgan fingerprint density at radius 3 is 2.64 bits per heavy atom. The van der Waals surface area contributed by atoms with Crippen LogP contribution < -0.4 is 24.8 Å². The summed E-state index contributed by atoms with van der Waals surface area (Å²) in [7, 11) is 1.65. The molecule has 0 radical (unpaired) electrons. The summed E-state index contributed by atoms with van der Waals surface area (Å²) >= 11 is 1.51. The zero-order valence-electron chi connectivity index (χ0n) is 26.1. The lowest BCUT2D eigenvalue weighted by Crippen LogP contribution is -2.50. The van der Waals surface area contributed by atoms with Crippen molar-refractivity contribution >= 4 is 40.6 Å². The van der Waals surface area contributed by atoms with Crippen LogP contribution >= 0.6 is 11.3 Å². The average molecular weight is 658 g/mol. The van der Waals surface area contributed by atoms with Crippen LogP contribution in [-0.2, 0) is 0 Å². The fourth-order valence-corrected chi connectivity index (χ4v) is 6.07. The predicted molar refractivity (Wildman–Crippen MR) is 177 cm³/mol. The van der Waals surface area contributed by atoms with Crippen molar-refractivity contribution in [2.45, 2.75) is 26.0 Å². The number of fused-ring (bicyclic) bond motifs is 2. The summed E-state index contributed by atoms with van der Waals surface area (Å²) in [6, 6.07) is 16.4. The molecule has 1 aromatic heterocycles. The second-order valence-corrected chi connectivity index (χ2v) is 12.4. The van der Waals surface area contributed by atoms with Gasteiger partial charge in [-0.1, -0.05) is 25.1 Å². The maximum absolute atomic E-state index is 13.8. The number of aliphatic hydroxyl groups is 1. The summed E-state index contributed by atoms with van der Waals surface area (Å²) in [5.74, 6) is 0.383. The molecule has 3 N–H and O–H groups in total. The Balaban J connectivity index is 1.25. The van der Waals surface area contributed by atoms with Gasteiger partial charge < -0.3 is 39.8 Å². The fraction of sp³-hybridized carbons (Fsp3) is 0.294. The molecule has 0 unspecified atom stereocenters. The van der Waals surface area contributed by atoms with E-state index in [9.17, 15) is 19.5 Å². The van der Waals surface area contributed by atoms with Crippen molar-refractivity contribution in [1.29, 1.82) is 0 Å². The SMILES string of the molecule is C[C@H]1CN([C@@H](C)CO)C(=O)c2cccc(NC(=O)c3ccc(-c4nccs4)cc3)c2O[C@H]1CN(C)C(=O)Nc1ccc2c(c1)OCO2. The van der Waals surface area contributed by atoms with Gasteiger partial charge in [0, 0.05) is 54.0 Å². The summed E-state index contributed by atoms with van der Waals surface area (Å²) in [4.78, 5) is 47.9. The Bertz CT molecular complexity index is 1770. The summed E-state index contributed by atoms with van der Waals surface area (Å²) in [5.41, 5.74) is 2.42. The molecule has 3 atom stereocenters. The number of aliphatic hydroxyl groups excluding tert-OH is 1. The van der Waals surface area contributed by atoms with E-state index < -0.39 is 12.1 Å².